The molecule has 1 N–H and O–H groups in total. The maximum atomic E-state index is 14.7. The summed E-state index contributed by atoms with van der Waals surface area (Å²) in [6, 6.07) is 8.06. The van der Waals surface area contributed by atoms with Crippen molar-refractivity contribution in [2.45, 2.75) is 19.0 Å². The van der Waals surface area contributed by atoms with E-state index in [0.717, 1.165) is 18.2 Å². The number of carbonyl (C=O) groups excluding carboxylic acids is 1. The standard InChI is InChI=1S/C24H17F5N2O2/c1-33-19-9-6-16(25)23(26)22(19)15-10-11-30-17-7-8-18(21(15)17)31-20(32)12-13-2-4-14(5-3-13)24(27,28)29/h2-6,8-11H,7,12H2,1H3,(H,31,32). The maximum absolute atomic E-state index is 14.7. The van der Waals surface area contributed by atoms with E-state index in [0.29, 0.717) is 34.5 Å². The molecule has 0 radical (unpaired) electrons. The van der Waals surface area contributed by atoms with Crippen molar-refractivity contribution in [3.63, 3.8) is 0 Å². The number of amides is 1. The summed E-state index contributed by atoms with van der Waals surface area (Å²) in [7, 11) is 1.33. The molecule has 1 aromatic heterocycles. The Hall–Kier alpha value is -3.75. The highest BCUT2D eigenvalue weighted by Gasteiger charge is 2.30. The van der Waals surface area contributed by atoms with Gasteiger partial charge in [-0.1, -0.05) is 18.2 Å². The van der Waals surface area contributed by atoms with Crippen molar-refractivity contribution in [2.75, 3.05) is 7.11 Å². The van der Waals surface area contributed by atoms with E-state index in [1.54, 1.807) is 6.08 Å². The molecule has 1 heterocycles. The molecule has 4 rings (SSSR count). The first kappa shape index (κ1) is 22.4. The van der Waals surface area contributed by atoms with Crippen molar-refractivity contribution < 1.29 is 31.5 Å². The molecular formula is C24H17F5N2O2. The van der Waals surface area contributed by atoms with E-state index in [1.165, 1.54) is 37.6 Å². The number of alkyl halides is 3. The molecule has 0 spiro atoms. The average molecular weight is 460 g/mol. The van der Waals surface area contributed by atoms with Gasteiger partial charge in [0, 0.05) is 29.4 Å². The van der Waals surface area contributed by atoms with Gasteiger partial charge in [0.2, 0.25) is 5.91 Å². The van der Waals surface area contributed by atoms with Gasteiger partial charge in [0.1, 0.15) is 5.75 Å². The van der Waals surface area contributed by atoms with Crippen molar-refractivity contribution >= 4 is 11.6 Å². The molecule has 1 aliphatic rings. The Morgan fingerprint density at radius 1 is 1.06 bits per heavy atom. The third-order valence-electron chi connectivity index (χ3n) is 5.26. The monoisotopic (exact) mass is 460 g/mol. The van der Waals surface area contributed by atoms with E-state index in [2.05, 4.69) is 10.3 Å². The molecule has 3 aromatic rings. The van der Waals surface area contributed by atoms with Gasteiger partial charge in [-0.2, -0.15) is 13.2 Å². The number of hydrogen-bond donors (Lipinski definition) is 1. The largest absolute Gasteiger partial charge is 0.496 e. The highest BCUT2D eigenvalue weighted by atomic mass is 19.4. The minimum absolute atomic E-state index is 0.0964. The number of aromatic nitrogens is 1. The van der Waals surface area contributed by atoms with Crippen LogP contribution in [0.4, 0.5) is 22.0 Å². The van der Waals surface area contributed by atoms with E-state index in [1.807, 2.05) is 0 Å². The van der Waals surface area contributed by atoms with Crippen LogP contribution in [-0.2, 0) is 23.8 Å². The van der Waals surface area contributed by atoms with Gasteiger partial charge < -0.3 is 10.1 Å². The van der Waals surface area contributed by atoms with Crippen LogP contribution < -0.4 is 10.1 Å². The van der Waals surface area contributed by atoms with Crippen LogP contribution in [0.2, 0.25) is 0 Å². The summed E-state index contributed by atoms with van der Waals surface area (Å²) in [6.45, 7) is 0. The van der Waals surface area contributed by atoms with E-state index in [4.69, 9.17) is 4.74 Å². The zero-order chi connectivity index (χ0) is 23.8. The van der Waals surface area contributed by atoms with Crippen LogP contribution in [-0.4, -0.2) is 18.0 Å². The Bertz CT molecular complexity index is 1250. The van der Waals surface area contributed by atoms with Crippen molar-refractivity contribution in [3.8, 4) is 16.9 Å². The second kappa shape index (κ2) is 8.65. The SMILES string of the molecule is COc1ccc(F)c(F)c1-c1ccnc2c1C(NC(=O)Cc1ccc(C(F)(F)F)cc1)=CC2. The number of ether oxygens (including phenoxy) is 1. The van der Waals surface area contributed by atoms with Gasteiger partial charge in [-0.3, -0.25) is 9.78 Å². The summed E-state index contributed by atoms with van der Waals surface area (Å²) in [5.74, 6) is -2.50. The molecule has 0 bridgehead atoms. The van der Waals surface area contributed by atoms with Gasteiger partial charge in [-0.15, -0.1) is 0 Å². The van der Waals surface area contributed by atoms with Crippen LogP contribution in [0.3, 0.4) is 0 Å². The van der Waals surface area contributed by atoms with Crippen molar-refractivity contribution in [3.05, 3.63) is 88.8 Å². The van der Waals surface area contributed by atoms with E-state index >= 15 is 0 Å². The fourth-order valence-corrected chi connectivity index (χ4v) is 3.73. The number of pyridine rings is 1. The normalized spacial score (nSPS) is 12.8. The van der Waals surface area contributed by atoms with Crippen LogP contribution in [0.5, 0.6) is 5.75 Å². The molecule has 2 aromatic carbocycles. The molecule has 0 saturated carbocycles. The Balaban J connectivity index is 1.61. The number of carbonyl (C=O) groups is 1. The number of nitrogens with one attached hydrogen (secondary N) is 1. The van der Waals surface area contributed by atoms with Gasteiger partial charge in [-0.05, 0) is 35.9 Å². The minimum atomic E-state index is -4.46. The van der Waals surface area contributed by atoms with Gasteiger partial charge in [0.25, 0.3) is 0 Å². The second-order valence-corrected chi connectivity index (χ2v) is 7.36. The zero-order valence-corrected chi connectivity index (χ0v) is 17.3. The molecule has 9 heteroatoms. The Morgan fingerprint density at radius 2 is 1.79 bits per heavy atom. The number of hydrogen-bond acceptors (Lipinski definition) is 3. The quantitative estimate of drug-likeness (QED) is 0.525. The number of allylic oxidation sites excluding steroid dienone is 1. The predicted octanol–water partition coefficient (Wildman–Crippen LogP) is 5.31. The topological polar surface area (TPSA) is 51.2 Å². The summed E-state index contributed by atoms with van der Waals surface area (Å²) in [5.41, 5.74) is 1.14. The van der Waals surface area contributed by atoms with Crippen LogP contribution >= 0.6 is 0 Å². The summed E-state index contributed by atoms with van der Waals surface area (Å²) in [4.78, 5) is 16.9. The summed E-state index contributed by atoms with van der Waals surface area (Å²) in [5, 5.41) is 2.71. The Labute approximate surface area is 185 Å². The van der Waals surface area contributed by atoms with Crippen molar-refractivity contribution in [1.82, 2.24) is 10.3 Å². The number of methoxy groups -OCH3 is 1. The van der Waals surface area contributed by atoms with Crippen LogP contribution in [0.15, 0.2) is 54.7 Å². The first-order valence-electron chi connectivity index (χ1n) is 9.85. The van der Waals surface area contributed by atoms with Crippen molar-refractivity contribution in [1.29, 1.82) is 0 Å². The average Bonchev–Trinajstić information content (AvgIpc) is 3.18. The summed E-state index contributed by atoms with van der Waals surface area (Å²) in [6.07, 6.45) is -1.12. The van der Waals surface area contributed by atoms with E-state index in [-0.39, 0.29) is 17.7 Å². The third-order valence-corrected chi connectivity index (χ3v) is 5.26. The Morgan fingerprint density at radius 3 is 2.45 bits per heavy atom. The lowest BCUT2D eigenvalue weighted by atomic mass is 9.97. The Kier molecular flexibility index (Phi) is 5.88. The maximum Gasteiger partial charge on any atom is 0.416 e. The summed E-state index contributed by atoms with van der Waals surface area (Å²) >= 11 is 0. The van der Waals surface area contributed by atoms with Gasteiger partial charge in [0.15, 0.2) is 11.6 Å². The molecule has 0 aliphatic heterocycles. The molecule has 0 unspecified atom stereocenters. The van der Waals surface area contributed by atoms with Crippen LogP contribution in [0.1, 0.15) is 22.4 Å². The van der Waals surface area contributed by atoms with E-state index < -0.39 is 29.3 Å². The lowest BCUT2D eigenvalue weighted by Crippen LogP contribution is -2.23. The van der Waals surface area contributed by atoms with Crippen LogP contribution in [0, 0.1) is 11.6 Å². The molecule has 33 heavy (non-hydrogen) atoms. The smallest absolute Gasteiger partial charge is 0.416 e. The fraction of sp³-hybridized carbons (Fsp3) is 0.167. The van der Waals surface area contributed by atoms with Gasteiger partial charge in [-0.25, -0.2) is 8.78 Å². The molecule has 0 fully saturated rings. The number of benzene rings is 2. The highest BCUT2D eigenvalue weighted by Crippen LogP contribution is 2.40. The minimum Gasteiger partial charge on any atom is -0.496 e. The van der Waals surface area contributed by atoms with E-state index in [9.17, 15) is 26.7 Å². The van der Waals surface area contributed by atoms with Crippen LogP contribution in [0.25, 0.3) is 16.8 Å². The van der Waals surface area contributed by atoms with Crippen molar-refractivity contribution in [2.24, 2.45) is 0 Å². The predicted molar refractivity (Wildman–Crippen MR) is 111 cm³/mol. The number of nitrogens with zero attached hydrogens (tertiary/aromatic N) is 1. The fourth-order valence-electron chi connectivity index (χ4n) is 3.73. The summed E-state index contributed by atoms with van der Waals surface area (Å²) < 4.78 is 72.1. The second-order valence-electron chi connectivity index (χ2n) is 7.36. The lowest BCUT2D eigenvalue weighted by molar-refractivity contribution is -0.137. The zero-order valence-electron chi connectivity index (χ0n) is 17.3. The molecule has 1 aliphatic carbocycles. The first-order valence-corrected chi connectivity index (χ1v) is 9.85. The molecular weight excluding hydrogens is 443 g/mol. The first-order chi connectivity index (χ1) is 15.7. The number of rotatable bonds is 5. The lowest BCUT2D eigenvalue weighted by Gasteiger charge is -2.16. The molecule has 1 amide bonds. The third kappa shape index (κ3) is 4.44. The molecule has 0 atom stereocenters. The van der Waals surface area contributed by atoms with Gasteiger partial charge in [0.05, 0.1) is 30.4 Å². The molecule has 0 saturated heterocycles. The number of fused-ring (bicyclic) bond motifs is 1. The number of halogens is 5. The molecule has 4 nitrogen and oxygen atoms in total. The highest BCUT2D eigenvalue weighted by molar-refractivity contribution is 5.94. The molecule has 170 valence electrons. The van der Waals surface area contributed by atoms with Gasteiger partial charge >= 0.3 is 6.18 Å².